The maximum absolute atomic E-state index is 2.75. The van der Waals surface area contributed by atoms with Gasteiger partial charge in [-0.2, -0.15) is 0 Å². The highest BCUT2D eigenvalue weighted by atomic mass is 16.0. The molecular weight excluding hydrogens is 262 g/mol. The molecule has 2 fully saturated rings. The van der Waals surface area contributed by atoms with Gasteiger partial charge in [0.05, 0.1) is 0 Å². The Balaban J connectivity index is 0.00000200. The van der Waals surface area contributed by atoms with Crippen molar-refractivity contribution in [1.82, 2.24) is 16.2 Å². The van der Waals surface area contributed by atoms with Gasteiger partial charge in [0.25, 0.3) is 0 Å². The van der Waals surface area contributed by atoms with E-state index in [4.69, 9.17) is 0 Å². The zero-order valence-electron chi connectivity index (χ0n) is 14.5. The van der Waals surface area contributed by atoms with E-state index in [1.54, 1.807) is 0 Å². The molecule has 0 amide bonds. The van der Waals surface area contributed by atoms with E-state index in [0.717, 1.165) is 6.04 Å². The Hall–Kier alpha value is -0.160. The van der Waals surface area contributed by atoms with Crippen LogP contribution in [-0.2, 0) is 0 Å². The molecule has 0 aromatic carbocycles. The van der Waals surface area contributed by atoms with Crippen LogP contribution in [0.15, 0.2) is 0 Å². The number of nitrogens with zero attached hydrogens (tertiary/aromatic N) is 2. The molecule has 0 aromatic rings. The molecule has 0 spiro atoms. The lowest BCUT2D eigenvalue weighted by molar-refractivity contribution is -0.0463. The Labute approximate surface area is 132 Å². The Bertz CT molecular complexity index is 228. The number of hydrazine groups is 1. The van der Waals surface area contributed by atoms with Crippen molar-refractivity contribution in [1.29, 1.82) is 0 Å². The predicted octanol–water partition coefficient (Wildman–Crippen LogP) is 4.80. The fraction of sp³-hybridized carbons (Fsp3) is 1.00. The van der Waals surface area contributed by atoms with Gasteiger partial charge in [0.2, 0.25) is 0 Å². The van der Waals surface area contributed by atoms with E-state index in [-0.39, 0.29) is 11.6 Å². The third kappa shape index (κ3) is 7.59. The standard InChI is InChI=1S/C17H34N2.H3N.H2O/c1-18-15-11-7-4-8-12-16-19(18)17-13-9-5-2-3-6-10-14-17;;/h17H,2-16H2,1H3;1H3;1H2. The number of hydrogen-bond donors (Lipinski definition) is 1. The van der Waals surface area contributed by atoms with Crippen molar-refractivity contribution in [2.75, 3.05) is 20.1 Å². The van der Waals surface area contributed by atoms with Gasteiger partial charge < -0.3 is 11.6 Å². The second-order valence-corrected chi connectivity index (χ2v) is 6.66. The van der Waals surface area contributed by atoms with Crippen molar-refractivity contribution in [2.24, 2.45) is 0 Å². The summed E-state index contributed by atoms with van der Waals surface area (Å²) in [5.41, 5.74) is 0. The molecule has 1 saturated heterocycles. The fourth-order valence-corrected chi connectivity index (χ4v) is 3.81. The first-order chi connectivity index (χ1) is 9.38. The quantitative estimate of drug-likeness (QED) is 0.756. The molecule has 0 aromatic heterocycles. The van der Waals surface area contributed by atoms with Crippen LogP contribution < -0.4 is 6.15 Å². The zero-order valence-corrected chi connectivity index (χ0v) is 14.5. The van der Waals surface area contributed by atoms with Crippen molar-refractivity contribution >= 4 is 0 Å². The van der Waals surface area contributed by atoms with Gasteiger partial charge in [-0.15, -0.1) is 0 Å². The molecule has 1 aliphatic heterocycles. The molecule has 2 rings (SSSR count). The van der Waals surface area contributed by atoms with Crippen LogP contribution in [0.2, 0.25) is 0 Å². The highest BCUT2D eigenvalue weighted by Gasteiger charge is 2.22. The molecule has 0 radical (unpaired) electrons. The fourth-order valence-electron chi connectivity index (χ4n) is 3.81. The summed E-state index contributed by atoms with van der Waals surface area (Å²) < 4.78 is 0. The van der Waals surface area contributed by atoms with Crippen LogP contribution >= 0.6 is 0 Å². The highest BCUT2D eigenvalue weighted by Crippen LogP contribution is 2.23. The van der Waals surface area contributed by atoms with Crippen molar-refractivity contribution < 1.29 is 5.48 Å². The van der Waals surface area contributed by atoms with Crippen molar-refractivity contribution in [3.05, 3.63) is 0 Å². The minimum Gasteiger partial charge on any atom is -0.870 e. The zero-order chi connectivity index (χ0) is 13.3. The largest absolute Gasteiger partial charge is 0.870 e. The normalized spacial score (nSPS) is 25.0. The van der Waals surface area contributed by atoms with E-state index in [1.807, 2.05) is 0 Å². The lowest BCUT2D eigenvalue weighted by atomic mass is 10.0. The first kappa shape index (κ1) is 20.8. The van der Waals surface area contributed by atoms with Gasteiger partial charge in [-0.25, -0.2) is 10.0 Å². The minimum atomic E-state index is 0. The van der Waals surface area contributed by atoms with E-state index in [9.17, 15) is 0 Å². The molecule has 4 nitrogen and oxygen atoms in total. The van der Waals surface area contributed by atoms with Gasteiger partial charge in [0, 0.05) is 26.2 Å². The van der Waals surface area contributed by atoms with Crippen molar-refractivity contribution in [2.45, 2.75) is 89.5 Å². The van der Waals surface area contributed by atoms with Crippen LogP contribution in [0, 0.1) is 0 Å². The van der Waals surface area contributed by atoms with Crippen LogP contribution in [0.4, 0.5) is 0 Å². The Morgan fingerprint density at radius 2 is 1.05 bits per heavy atom. The summed E-state index contributed by atoms with van der Waals surface area (Å²) in [5.74, 6) is 0. The van der Waals surface area contributed by atoms with E-state index in [0.29, 0.717) is 0 Å². The lowest BCUT2D eigenvalue weighted by Gasteiger charge is -2.38. The number of quaternary nitrogens is 1. The van der Waals surface area contributed by atoms with Gasteiger partial charge in [-0.3, -0.25) is 0 Å². The topological polar surface area (TPSA) is 73.0 Å². The molecular formula is C17H39N3O. The SMILES string of the molecule is CN1CCCCCCCN1C1CCCCCCCC1.[NH4+].[OH-]. The van der Waals surface area contributed by atoms with E-state index < -0.39 is 0 Å². The summed E-state index contributed by atoms with van der Waals surface area (Å²) in [5, 5.41) is 5.31. The summed E-state index contributed by atoms with van der Waals surface area (Å²) in [6, 6.07) is 0.834. The van der Waals surface area contributed by atoms with Crippen LogP contribution in [0.25, 0.3) is 0 Å². The summed E-state index contributed by atoms with van der Waals surface area (Å²) in [6.07, 6.45) is 18.8. The summed E-state index contributed by atoms with van der Waals surface area (Å²) in [4.78, 5) is 0. The molecule has 0 atom stereocenters. The maximum atomic E-state index is 2.75. The van der Waals surface area contributed by atoms with Crippen LogP contribution in [0.3, 0.4) is 0 Å². The predicted molar refractivity (Wildman–Crippen MR) is 91.1 cm³/mol. The molecule has 4 heteroatoms. The molecule has 1 aliphatic carbocycles. The van der Waals surface area contributed by atoms with E-state index in [2.05, 4.69) is 17.1 Å². The molecule has 1 saturated carbocycles. The van der Waals surface area contributed by atoms with Gasteiger partial charge in [-0.1, -0.05) is 57.8 Å². The first-order valence-corrected chi connectivity index (χ1v) is 8.85. The number of rotatable bonds is 1. The Morgan fingerprint density at radius 1 is 0.619 bits per heavy atom. The first-order valence-electron chi connectivity index (χ1n) is 8.85. The van der Waals surface area contributed by atoms with Crippen molar-refractivity contribution in [3.8, 4) is 0 Å². The third-order valence-electron chi connectivity index (χ3n) is 5.05. The average molecular weight is 302 g/mol. The van der Waals surface area contributed by atoms with Gasteiger partial charge in [0.15, 0.2) is 0 Å². The van der Waals surface area contributed by atoms with E-state index >= 15 is 0 Å². The summed E-state index contributed by atoms with van der Waals surface area (Å²) >= 11 is 0. The molecule has 128 valence electrons. The molecule has 21 heavy (non-hydrogen) atoms. The number of hydrogen-bond acceptors (Lipinski definition) is 3. The Morgan fingerprint density at radius 3 is 1.62 bits per heavy atom. The molecule has 1 heterocycles. The monoisotopic (exact) mass is 301 g/mol. The average Bonchev–Trinajstić information content (AvgIpc) is 2.60. The van der Waals surface area contributed by atoms with Gasteiger partial charge in [-0.05, 0) is 25.7 Å². The summed E-state index contributed by atoms with van der Waals surface area (Å²) in [7, 11) is 2.33. The Kier molecular flexibility index (Phi) is 12.3. The molecule has 0 unspecified atom stereocenters. The van der Waals surface area contributed by atoms with Crippen LogP contribution in [-0.4, -0.2) is 41.7 Å². The molecule has 0 bridgehead atoms. The molecule has 2 aliphatic rings. The smallest absolute Gasteiger partial charge is 0.0245 e. The van der Waals surface area contributed by atoms with E-state index in [1.165, 1.54) is 96.6 Å². The second-order valence-electron chi connectivity index (χ2n) is 6.66. The minimum absolute atomic E-state index is 0. The molecule has 5 N–H and O–H groups in total. The lowest BCUT2D eigenvalue weighted by Crippen LogP contribution is -2.47. The maximum Gasteiger partial charge on any atom is 0.0245 e. The van der Waals surface area contributed by atoms with Crippen LogP contribution in [0.1, 0.15) is 83.5 Å². The highest BCUT2D eigenvalue weighted by molar-refractivity contribution is 4.73. The van der Waals surface area contributed by atoms with Crippen molar-refractivity contribution in [3.63, 3.8) is 0 Å². The van der Waals surface area contributed by atoms with Gasteiger partial charge in [0.1, 0.15) is 0 Å². The van der Waals surface area contributed by atoms with Gasteiger partial charge >= 0.3 is 0 Å². The third-order valence-corrected chi connectivity index (χ3v) is 5.05. The van der Waals surface area contributed by atoms with Crippen LogP contribution in [0.5, 0.6) is 0 Å². The second kappa shape index (κ2) is 12.4. The summed E-state index contributed by atoms with van der Waals surface area (Å²) in [6.45, 7) is 2.58.